The first-order chi connectivity index (χ1) is 10.2. The fourth-order valence-electron chi connectivity index (χ4n) is 2.25. The minimum absolute atomic E-state index is 0.281. The Hall–Kier alpha value is -2.49. The van der Waals surface area contributed by atoms with Crippen LogP contribution in [0.4, 0.5) is 0 Å². The Morgan fingerprint density at radius 2 is 1.81 bits per heavy atom. The van der Waals surface area contributed by atoms with Gasteiger partial charge in [0.15, 0.2) is 0 Å². The molecule has 0 aromatic heterocycles. The first-order valence-corrected chi connectivity index (χ1v) is 6.72. The minimum atomic E-state index is -0.402. The molecule has 108 valence electrons. The Bertz CT molecular complexity index is 606. The number of rotatable bonds is 6. The smallest absolute Gasteiger partial charge is 0.118 e. The van der Waals surface area contributed by atoms with Gasteiger partial charge in [0.2, 0.25) is 0 Å². The van der Waals surface area contributed by atoms with Crippen LogP contribution in [0.25, 0.3) is 10.4 Å². The van der Waals surface area contributed by atoms with Crippen molar-refractivity contribution >= 4 is 0 Å². The van der Waals surface area contributed by atoms with E-state index in [9.17, 15) is 0 Å². The molecule has 2 aromatic carbocycles. The fraction of sp³-hybridized carbons (Fsp3) is 0.250. The molecule has 0 radical (unpaired) electrons. The molecule has 0 amide bonds. The van der Waals surface area contributed by atoms with Crippen LogP contribution in [0.1, 0.15) is 17.2 Å². The van der Waals surface area contributed by atoms with Gasteiger partial charge in [0.1, 0.15) is 5.75 Å². The summed E-state index contributed by atoms with van der Waals surface area (Å²) in [6, 6.07) is 16.7. The molecule has 0 spiro atoms. The van der Waals surface area contributed by atoms with Crippen LogP contribution in [-0.4, -0.2) is 13.2 Å². The van der Waals surface area contributed by atoms with E-state index in [4.69, 9.17) is 16.0 Å². The van der Waals surface area contributed by atoms with Crippen molar-refractivity contribution in [1.82, 2.24) is 0 Å². The first-order valence-electron chi connectivity index (χ1n) is 6.72. The molecular weight excluding hydrogens is 264 g/mol. The third kappa shape index (κ3) is 3.99. The second kappa shape index (κ2) is 7.33. The highest BCUT2D eigenvalue weighted by atomic mass is 16.5. The summed E-state index contributed by atoms with van der Waals surface area (Å²) >= 11 is 0. The van der Waals surface area contributed by atoms with Gasteiger partial charge < -0.3 is 10.5 Å². The van der Waals surface area contributed by atoms with Crippen molar-refractivity contribution in [2.24, 2.45) is 10.8 Å². The molecule has 0 heterocycles. The number of ether oxygens (including phenoxy) is 1. The molecule has 2 aromatic rings. The molecule has 5 nitrogen and oxygen atoms in total. The zero-order valence-electron chi connectivity index (χ0n) is 11.9. The third-order valence-electron chi connectivity index (χ3n) is 3.35. The first kappa shape index (κ1) is 14.9. The summed E-state index contributed by atoms with van der Waals surface area (Å²) in [6.07, 6.45) is 0.649. The quantitative estimate of drug-likeness (QED) is 0.498. The third-order valence-corrected chi connectivity index (χ3v) is 3.35. The van der Waals surface area contributed by atoms with E-state index in [0.29, 0.717) is 6.42 Å². The van der Waals surface area contributed by atoms with E-state index in [1.807, 2.05) is 54.6 Å². The summed E-state index contributed by atoms with van der Waals surface area (Å²) < 4.78 is 5.13. The van der Waals surface area contributed by atoms with Crippen LogP contribution >= 0.6 is 0 Å². The lowest BCUT2D eigenvalue weighted by Crippen LogP contribution is -2.29. The van der Waals surface area contributed by atoms with Gasteiger partial charge in [0.05, 0.1) is 13.2 Å². The molecule has 2 unspecified atom stereocenters. The van der Waals surface area contributed by atoms with Gasteiger partial charge in [0, 0.05) is 11.0 Å². The Balaban J connectivity index is 2.19. The summed E-state index contributed by atoms with van der Waals surface area (Å²) in [5, 5.41) is 3.86. The molecule has 2 rings (SSSR count). The number of benzene rings is 2. The lowest BCUT2D eigenvalue weighted by atomic mass is 9.95. The van der Waals surface area contributed by atoms with E-state index in [1.54, 1.807) is 7.11 Å². The van der Waals surface area contributed by atoms with E-state index in [2.05, 4.69) is 10.0 Å². The van der Waals surface area contributed by atoms with Gasteiger partial charge in [0.25, 0.3) is 0 Å². The number of methoxy groups -OCH3 is 1. The Morgan fingerprint density at radius 3 is 2.38 bits per heavy atom. The van der Waals surface area contributed by atoms with Crippen LogP contribution in [0, 0.1) is 0 Å². The van der Waals surface area contributed by atoms with Crippen molar-refractivity contribution in [2.75, 3.05) is 7.11 Å². The largest absolute Gasteiger partial charge is 0.497 e. The van der Waals surface area contributed by atoms with Gasteiger partial charge in [-0.2, -0.15) is 0 Å². The maximum Gasteiger partial charge on any atom is 0.118 e. The van der Waals surface area contributed by atoms with Gasteiger partial charge >= 0.3 is 0 Å². The summed E-state index contributed by atoms with van der Waals surface area (Å²) in [5.41, 5.74) is 17.0. The highest BCUT2D eigenvalue weighted by Crippen LogP contribution is 2.25. The highest BCUT2D eigenvalue weighted by molar-refractivity contribution is 5.30. The number of nitrogens with two attached hydrogens (primary N) is 1. The van der Waals surface area contributed by atoms with Crippen molar-refractivity contribution in [2.45, 2.75) is 18.5 Å². The highest BCUT2D eigenvalue weighted by Gasteiger charge is 2.19. The van der Waals surface area contributed by atoms with Gasteiger partial charge in [-0.25, -0.2) is 0 Å². The van der Waals surface area contributed by atoms with Crippen LogP contribution in [0.2, 0.25) is 0 Å². The lowest BCUT2D eigenvalue weighted by Gasteiger charge is -2.20. The van der Waals surface area contributed by atoms with Crippen LogP contribution in [0.3, 0.4) is 0 Å². The maximum atomic E-state index is 8.79. The summed E-state index contributed by atoms with van der Waals surface area (Å²) in [7, 11) is 1.61. The Labute approximate surface area is 124 Å². The normalized spacial score (nSPS) is 13.0. The maximum absolute atomic E-state index is 8.79. The second-order valence-electron chi connectivity index (χ2n) is 4.78. The predicted molar refractivity (Wildman–Crippen MR) is 83.0 cm³/mol. The topological polar surface area (TPSA) is 84.0 Å². The number of hydrogen-bond acceptors (Lipinski definition) is 3. The van der Waals surface area contributed by atoms with E-state index in [-0.39, 0.29) is 6.04 Å². The van der Waals surface area contributed by atoms with Crippen LogP contribution in [-0.2, 0) is 6.42 Å². The van der Waals surface area contributed by atoms with Gasteiger partial charge in [-0.15, -0.1) is 0 Å². The van der Waals surface area contributed by atoms with Gasteiger partial charge in [-0.3, -0.25) is 0 Å². The number of hydrogen-bond donors (Lipinski definition) is 1. The number of nitrogens with zero attached hydrogens (tertiary/aromatic N) is 3. The van der Waals surface area contributed by atoms with Crippen molar-refractivity contribution in [3.63, 3.8) is 0 Å². The summed E-state index contributed by atoms with van der Waals surface area (Å²) in [4.78, 5) is 2.93. The number of azide groups is 1. The van der Waals surface area contributed by atoms with Crippen LogP contribution in [0.5, 0.6) is 5.75 Å². The molecule has 2 atom stereocenters. The summed E-state index contributed by atoms with van der Waals surface area (Å²) in [5.74, 6) is 0.759. The molecule has 0 aliphatic carbocycles. The molecule has 0 saturated carbocycles. The molecular formula is C16H18N4O. The molecule has 0 bridgehead atoms. The fourth-order valence-corrected chi connectivity index (χ4v) is 2.25. The zero-order chi connectivity index (χ0) is 15.1. The van der Waals surface area contributed by atoms with E-state index in [0.717, 1.165) is 16.9 Å². The van der Waals surface area contributed by atoms with Crippen LogP contribution < -0.4 is 10.5 Å². The van der Waals surface area contributed by atoms with Crippen molar-refractivity contribution in [3.05, 3.63) is 76.2 Å². The lowest BCUT2D eigenvalue weighted by molar-refractivity contribution is 0.414. The van der Waals surface area contributed by atoms with Crippen LogP contribution in [0.15, 0.2) is 59.7 Å². The monoisotopic (exact) mass is 282 g/mol. The molecule has 0 aliphatic heterocycles. The molecule has 0 aliphatic rings. The Morgan fingerprint density at radius 1 is 1.14 bits per heavy atom. The molecule has 5 heteroatoms. The minimum Gasteiger partial charge on any atom is -0.497 e. The van der Waals surface area contributed by atoms with Crippen molar-refractivity contribution < 1.29 is 4.74 Å². The van der Waals surface area contributed by atoms with Crippen molar-refractivity contribution in [3.8, 4) is 5.75 Å². The van der Waals surface area contributed by atoms with E-state index < -0.39 is 6.04 Å². The molecule has 2 N–H and O–H groups in total. The zero-order valence-corrected chi connectivity index (χ0v) is 11.9. The standard InChI is InChI=1S/C16H18N4O/c1-21-14-9-7-13(8-10-14)16(19-20-18)15(17)11-12-5-3-2-4-6-12/h2-10,15-16H,11,17H2,1H3. The average molecular weight is 282 g/mol. The molecule has 21 heavy (non-hydrogen) atoms. The average Bonchev–Trinajstić information content (AvgIpc) is 2.53. The molecule has 0 fully saturated rings. The van der Waals surface area contributed by atoms with Crippen molar-refractivity contribution in [1.29, 1.82) is 0 Å². The SMILES string of the molecule is COc1ccc(C(N=[N+]=[N-])C(N)Cc2ccccc2)cc1. The predicted octanol–water partition coefficient (Wildman–Crippen LogP) is 3.62. The van der Waals surface area contributed by atoms with E-state index in [1.165, 1.54) is 0 Å². The van der Waals surface area contributed by atoms with Gasteiger partial charge in [-0.1, -0.05) is 47.6 Å². The Kier molecular flexibility index (Phi) is 5.21. The van der Waals surface area contributed by atoms with Gasteiger partial charge in [-0.05, 0) is 35.2 Å². The summed E-state index contributed by atoms with van der Waals surface area (Å²) in [6.45, 7) is 0. The molecule has 0 saturated heterocycles. The van der Waals surface area contributed by atoms with E-state index >= 15 is 0 Å². The second-order valence-corrected chi connectivity index (χ2v) is 4.78.